The molecular weight excluding hydrogens is 326 g/mol. The van der Waals surface area contributed by atoms with Gasteiger partial charge in [0.05, 0.1) is 7.05 Å². The average molecular weight is 350 g/mol. The molecule has 134 valence electrons. The number of nitrogens with one attached hydrogen (secondary N) is 2. The second kappa shape index (κ2) is 7.97. The van der Waals surface area contributed by atoms with Gasteiger partial charge in [-0.2, -0.15) is 0 Å². The van der Waals surface area contributed by atoms with Crippen LogP contribution in [0.25, 0.3) is 11.3 Å². The number of benzene rings is 2. The number of hydrogen-bond acceptors (Lipinski definition) is 3. The first kappa shape index (κ1) is 17.9. The maximum atomic E-state index is 12.4. The number of hydrogen-bond donors (Lipinski definition) is 2. The first-order valence-electron chi connectivity index (χ1n) is 8.71. The van der Waals surface area contributed by atoms with Crippen molar-refractivity contribution in [1.29, 1.82) is 0 Å². The van der Waals surface area contributed by atoms with Crippen LogP contribution in [-0.2, 0) is 11.3 Å². The lowest BCUT2D eigenvalue weighted by atomic mass is 10.1. The standard InChI is InChI=1S/C21H23N3O2/c1-15-8-7-9-16(2)21(15)22-20(25)14-24(3)13-18-12-19(26-23-18)17-10-5-4-6-11-17/h4-12H,13-14H2,1-3H3,(H,22,25)/p+1. The Morgan fingerprint density at radius 1 is 1.08 bits per heavy atom. The summed E-state index contributed by atoms with van der Waals surface area (Å²) in [5.74, 6) is 0.736. The summed E-state index contributed by atoms with van der Waals surface area (Å²) >= 11 is 0. The van der Waals surface area contributed by atoms with E-state index in [1.165, 1.54) is 0 Å². The minimum Gasteiger partial charge on any atom is -0.356 e. The lowest BCUT2D eigenvalue weighted by molar-refractivity contribution is -0.885. The molecule has 1 heterocycles. The predicted octanol–water partition coefficient (Wildman–Crippen LogP) is 2.61. The summed E-state index contributed by atoms with van der Waals surface area (Å²) in [5.41, 5.74) is 4.87. The van der Waals surface area contributed by atoms with Crippen molar-refractivity contribution in [2.24, 2.45) is 0 Å². The van der Waals surface area contributed by atoms with Crippen molar-refractivity contribution >= 4 is 11.6 Å². The lowest BCUT2D eigenvalue weighted by Gasteiger charge is -2.14. The summed E-state index contributed by atoms with van der Waals surface area (Å²) in [4.78, 5) is 13.4. The maximum Gasteiger partial charge on any atom is 0.279 e. The average Bonchev–Trinajstić information content (AvgIpc) is 3.07. The van der Waals surface area contributed by atoms with E-state index in [-0.39, 0.29) is 5.91 Å². The van der Waals surface area contributed by atoms with Crippen molar-refractivity contribution in [3.63, 3.8) is 0 Å². The van der Waals surface area contributed by atoms with E-state index in [0.717, 1.165) is 38.7 Å². The van der Waals surface area contributed by atoms with Gasteiger partial charge < -0.3 is 14.7 Å². The molecule has 26 heavy (non-hydrogen) atoms. The Labute approximate surface area is 153 Å². The Hall–Kier alpha value is -2.92. The topological polar surface area (TPSA) is 59.6 Å². The zero-order valence-electron chi connectivity index (χ0n) is 15.4. The number of para-hydroxylation sites is 1. The molecular formula is C21H24N3O2+. The van der Waals surface area contributed by atoms with Gasteiger partial charge in [-0.1, -0.05) is 53.7 Å². The van der Waals surface area contributed by atoms with Gasteiger partial charge in [0.15, 0.2) is 12.3 Å². The molecule has 3 rings (SSSR count). The highest BCUT2D eigenvalue weighted by Crippen LogP contribution is 2.20. The highest BCUT2D eigenvalue weighted by Gasteiger charge is 2.15. The minimum atomic E-state index is -0.00771. The second-order valence-electron chi connectivity index (χ2n) is 6.67. The molecule has 0 saturated heterocycles. The number of aryl methyl sites for hydroxylation is 2. The van der Waals surface area contributed by atoms with Crippen molar-refractivity contribution < 1.29 is 14.2 Å². The third-order valence-corrected chi connectivity index (χ3v) is 4.31. The van der Waals surface area contributed by atoms with Crippen molar-refractivity contribution in [1.82, 2.24) is 5.16 Å². The van der Waals surface area contributed by atoms with Crippen LogP contribution in [0.2, 0.25) is 0 Å². The van der Waals surface area contributed by atoms with Gasteiger partial charge in [0.1, 0.15) is 12.2 Å². The van der Waals surface area contributed by atoms with Crippen LogP contribution in [0.3, 0.4) is 0 Å². The molecule has 1 unspecified atom stereocenters. The van der Waals surface area contributed by atoms with Crippen LogP contribution in [-0.4, -0.2) is 24.7 Å². The molecule has 1 atom stereocenters. The molecule has 0 saturated carbocycles. The zero-order valence-corrected chi connectivity index (χ0v) is 15.4. The summed E-state index contributed by atoms with van der Waals surface area (Å²) in [6.45, 7) is 4.98. The minimum absolute atomic E-state index is 0.00771. The van der Waals surface area contributed by atoms with Crippen LogP contribution < -0.4 is 10.2 Å². The number of carbonyl (C=O) groups is 1. The smallest absolute Gasteiger partial charge is 0.279 e. The third-order valence-electron chi connectivity index (χ3n) is 4.31. The zero-order chi connectivity index (χ0) is 18.5. The first-order chi connectivity index (χ1) is 12.5. The highest BCUT2D eigenvalue weighted by molar-refractivity contribution is 5.93. The number of aromatic nitrogens is 1. The van der Waals surface area contributed by atoms with E-state index in [9.17, 15) is 4.79 Å². The fraction of sp³-hybridized carbons (Fsp3) is 0.238. The molecule has 0 aliphatic carbocycles. The Balaban J connectivity index is 1.58. The molecule has 3 aromatic rings. The van der Waals surface area contributed by atoms with Crippen molar-refractivity contribution in [2.75, 3.05) is 18.9 Å². The Morgan fingerprint density at radius 3 is 2.46 bits per heavy atom. The van der Waals surface area contributed by atoms with E-state index in [0.29, 0.717) is 13.1 Å². The summed E-state index contributed by atoms with van der Waals surface area (Å²) in [5, 5.41) is 7.15. The highest BCUT2D eigenvalue weighted by atomic mass is 16.5. The summed E-state index contributed by atoms with van der Waals surface area (Å²) in [6, 6.07) is 17.8. The van der Waals surface area contributed by atoms with Crippen LogP contribution in [0.15, 0.2) is 59.1 Å². The number of quaternary nitrogens is 1. The van der Waals surface area contributed by atoms with Crippen molar-refractivity contribution in [3.8, 4) is 11.3 Å². The molecule has 2 N–H and O–H groups in total. The molecule has 2 aromatic carbocycles. The van der Waals surface area contributed by atoms with Gasteiger partial charge in [0.2, 0.25) is 0 Å². The van der Waals surface area contributed by atoms with Crippen LogP contribution in [0, 0.1) is 13.8 Å². The molecule has 5 nitrogen and oxygen atoms in total. The molecule has 0 bridgehead atoms. The van der Waals surface area contributed by atoms with Crippen LogP contribution in [0.1, 0.15) is 16.8 Å². The fourth-order valence-corrected chi connectivity index (χ4v) is 2.97. The van der Waals surface area contributed by atoms with E-state index in [1.54, 1.807) is 0 Å². The molecule has 0 fully saturated rings. The monoisotopic (exact) mass is 350 g/mol. The summed E-state index contributed by atoms with van der Waals surface area (Å²) < 4.78 is 5.42. The van der Waals surface area contributed by atoms with E-state index in [2.05, 4.69) is 10.5 Å². The molecule has 0 spiro atoms. The van der Waals surface area contributed by atoms with Gasteiger partial charge in [-0.15, -0.1) is 0 Å². The van der Waals surface area contributed by atoms with E-state index >= 15 is 0 Å². The van der Waals surface area contributed by atoms with Gasteiger partial charge in [-0.05, 0) is 25.0 Å². The van der Waals surface area contributed by atoms with Crippen LogP contribution >= 0.6 is 0 Å². The van der Waals surface area contributed by atoms with Gasteiger partial charge in [0.25, 0.3) is 5.91 Å². The van der Waals surface area contributed by atoms with Gasteiger partial charge >= 0.3 is 0 Å². The SMILES string of the molecule is Cc1cccc(C)c1NC(=O)C[NH+](C)Cc1cc(-c2ccccc2)on1. The molecule has 1 amide bonds. The molecule has 0 aliphatic rings. The van der Waals surface area contributed by atoms with Gasteiger partial charge in [-0.3, -0.25) is 4.79 Å². The predicted molar refractivity (Wildman–Crippen MR) is 102 cm³/mol. The first-order valence-corrected chi connectivity index (χ1v) is 8.71. The quantitative estimate of drug-likeness (QED) is 0.718. The Kier molecular flexibility index (Phi) is 5.49. The second-order valence-corrected chi connectivity index (χ2v) is 6.67. The van der Waals surface area contributed by atoms with Crippen LogP contribution in [0.4, 0.5) is 5.69 Å². The van der Waals surface area contributed by atoms with Crippen molar-refractivity contribution in [3.05, 3.63) is 71.4 Å². The molecule has 5 heteroatoms. The number of likely N-dealkylation sites (N-methyl/N-ethyl adjacent to an activating group) is 1. The summed E-state index contributed by atoms with van der Waals surface area (Å²) in [6.07, 6.45) is 0. The maximum absolute atomic E-state index is 12.4. The normalized spacial score (nSPS) is 12.0. The van der Waals surface area contributed by atoms with Crippen LogP contribution in [0.5, 0.6) is 0 Å². The molecule has 0 radical (unpaired) electrons. The Morgan fingerprint density at radius 2 is 1.77 bits per heavy atom. The van der Waals surface area contributed by atoms with Gasteiger partial charge in [0, 0.05) is 17.3 Å². The summed E-state index contributed by atoms with van der Waals surface area (Å²) in [7, 11) is 1.97. The fourth-order valence-electron chi connectivity index (χ4n) is 2.97. The Bertz CT molecular complexity index is 867. The number of rotatable bonds is 6. The molecule has 1 aromatic heterocycles. The van der Waals surface area contributed by atoms with E-state index < -0.39 is 0 Å². The van der Waals surface area contributed by atoms with Crippen molar-refractivity contribution in [2.45, 2.75) is 20.4 Å². The number of carbonyl (C=O) groups excluding carboxylic acids is 1. The number of nitrogens with zero attached hydrogens (tertiary/aromatic N) is 1. The number of anilines is 1. The van der Waals surface area contributed by atoms with E-state index in [4.69, 9.17) is 4.52 Å². The lowest BCUT2D eigenvalue weighted by Crippen LogP contribution is -3.08. The third kappa shape index (κ3) is 4.37. The van der Waals surface area contributed by atoms with Gasteiger partial charge in [-0.25, -0.2) is 0 Å². The molecule has 0 aliphatic heterocycles. The largest absolute Gasteiger partial charge is 0.356 e. The van der Waals surface area contributed by atoms with E-state index in [1.807, 2.05) is 75.5 Å². The number of amides is 1.